The van der Waals surface area contributed by atoms with Gasteiger partial charge in [-0.3, -0.25) is 0 Å². The van der Waals surface area contributed by atoms with Gasteiger partial charge < -0.3 is 0 Å². The second kappa shape index (κ2) is 10.2. The number of allylic oxidation sites excluding steroid dienone is 2. The Morgan fingerprint density at radius 2 is 1.43 bits per heavy atom. The zero-order chi connectivity index (χ0) is 10.8. The fourth-order valence-electron chi connectivity index (χ4n) is 1.30. The Hall–Kier alpha value is 0.700. The highest BCUT2D eigenvalue weighted by Gasteiger charge is 2.00. The van der Waals surface area contributed by atoms with Gasteiger partial charge in [-0.1, -0.05) is 83.5 Å². The molecule has 0 nitrogen and oxygen atoms in total. The molecular weight excluding hydrogens is 304 g/mol. The molecule has 0 heterocycles. The van der Waals surface area contributed by atoms with Crippen LogP contribution in [0.5, 0.6) is 0 Å². The number of hydrogen-bond acceptors (Lipinski definition) is 0. The van der Waals surface area contributed by atoms with Gasteiger partial charge in [0.15, 0.2) is 0 Å². The first-order chi connectivity index (χ1) is 6.70. The van der Waals surface area contributed by atoms with E-state index in [2.05, 4.69) is 57.9 Å². The summed E-state index contributed by atoms with van der Waals surface area (Å²) in [6, 6.07) is 0. The molecule has 0 spiro atoms. The van der Waals surface area contributed by atoms with E-state index in [-0.39, 0.29) is 0 Å². The molecule has 0 aliphatic rings. The van der Waals surface area contributed by atoms with Gasteiger partial charge in [0.05, 0.1) is 0 Å². The second-order valence-electron chi connectivity index (χ2n) is 3.70. The number of unbranched alkanes of at least 4 members (excludes halogenated alkanes) is 2. The molecule has 0 aromatic rings. The third-order valence-corrected chi connectivity index (χ3v) is 3.70. The Balaban J connectivity index is 3.53. The zero-order valence-corrected chi connectivity index (χ0v) is 12.5. The van der Waals surface area contributed by atoms with Crippen LogP contribution in [-0.4, -0.2) is 9.65 Å². The van der Waals surface area contributed by atoms with Gasteiger partial charge in [0, 0.05) is 9.65 Å². The minimum absolute atomic E-state index is 0.554. The Morgan fingerprint density at radius 1 is 0.857 bits per heavy atom. The summed E-state index contributed by atoms with van der Waals surface area (Å²) in [4.78, 5) is 1.12. The number of hydrogen-bond donors (Lipinski definition) is 0. The number of halogens is 2. The molecule has 0 amide bonds. The van der Waals surface area contributed by atoms with Gasteiger partial charge in [-0.2, -0.15) is 0 Å². The quantitative estimate of drug-likeness (QED) is 0.316. The van der Waals surface area contributed by atoms with Crippen molar-refractivity contribution in [3.8, 4) is 0 Å². The van der Waals surface area contributed by atoms with E-state index in [0.29, 0.717) is 9.65 Å². The van der Waals surface area contributed by atoms with Crippen molar-refractivity contribution in [2.24, 2.45) is 0 Å². The molecule has 0 aromatic heterocycles. The predicted molar refractivity (Wildman–Crippen MR) is 73.6 cm³/mol. The molecular formula is C12H22Br2. The van der Waals surface area contributed by atoms with E-state index < -0.39 is 0 Å². The normalized spacial score (nSPS) is 16.0. The predicted octanol–water partition coefficient (Wildman–Crippen LogP) is 5.45. The molecule has 0 radical (unpaired) electrons. The summed E-state index contributed by atoms with van der Waals surface area (Å²) in [5, 5.41) is 0. The van der Waals surface area contributed by atoms with Crippen LogP contribution in [-0.2, 0) is 0 Å². The molecule has 0 aromatic carbocycles. The fraction of sp³-hybridized carbons (Fsp3) is 0.833. The van der Waals surface area contributed by atoms with E-state index in [9.17, 15) is 0 Å². The summed E-state index contributed by atoms with van der Waals surface area (Å²) in [6.07, 6.45) is 12.3. The lowest BCUT2D eigenvalue weighted by molar-refractivity contribution is 0.683. The van der Waals surface area contributed by atoms with Crippen LogP contribution in [0.4, 0.5) is 0 Å². The minimum atomic E-state index is 0.554. The summed E-state index contributed by atoms with van der Waals surface area (Å²) in [5.41, 5.74) is 0. The Bertz CT molecular complexity index is 143. The molecule has 2 unspecified atom stereocenters. The Kier molecular flexibility index (Phi) is 10.7. The number of rotatable bonds is 8. The number of alkyl halides is 2. The molecule has 0 bridgehead atoms. The standard InChI is InChI=1S/C12H22Br2/c1-3-5-6-8-12(14)10-9-11(13)7-4-2/h9-12H,3-8H2,1-2H3/b10-9+. The van der Waals surface area contributed by atoms with Crippen molar-refractivity contribution >= 4 is 31.9 Å². The van der Waals surface area contributed by atoms with Gasteiger partial charge in [-0.25, -0.2) is 0 Å². The lowest BCUT2D eigenvalue weighted by atomic mass is 10.1. The molecule has 14 heavy (non-hydrogen) atoms. The van der Waals surface area contributed by atoms with E-state index in [0.717, 1.165) is 0 Å². The highest BCUT2D eigenvalue weighted by atomic mass is 79.9. The van der Waals surface area contributed by atoms with Gasteiger partial charge in [-0.05, 0) is 12.8 Å². The fourth-order valence-corrected chi connectivity index (χ4v) is 2.43. The van der Waals surface area contributed by atoms with E-state index in [1.807, 2.05) is 0 Å². The second-order valence-corrected chi connectivity index (χ2v) is 6.05. The van der Waals surface area contributed by atoms with Crippen molar-refractivity contribution in [2.75, 3.05) is 0 Å². The smallest absolute Gasteiger partial charge is 0.0325 e. The van der Waals surface area contributed by atoms with E-state index >= 15 is 0 Å². The summed E-state index contributed by atoms with van der Waals surface area (Å²) >= 11 is 7.32. The highest BCUT2D eigenvalue weighted by molar-refractivity contribution is 9.10. The van der Waals surface area contributed by atoms with Crippen molar-refractivity contribution in [2.45, 2.75) is 62.0 Å². The molecule has 0 saturated heterocycles. The minimum Gasteiger partial charge on any atom is -0.0845 e. The van der Waals surface area contributed by atoms with Gasteiger partial charge in [-0.15, -0.1) is 0 Å². The summed E-state index contributed by atoms with van der Waals surface area (Å²) in [6.45, 7) is 4.46. The maximum atomic E-state index is 3.68. The van der Waals surface area contributed by atoms with Crippen molar-refractivity contribution in [1.82, 2.24) is 0 Å². The van der Waals surface area contributed by atoms with Crippen LogP contribution in [0.15, 0.2) is 12.2 Å². The van der Waals surface area contributed by atoms with Crippen molar-refractivity contribution in [3.05, 3.63) is 12.2 Å². The SMILES string of the molecule is CCCCCC(Br)/C=C/C(Br)CCC. The van der Waals surface area contributed by atoms with Gasteiger partial charge in [0.2, 0.25) is 0 Å². The average Bonchev–Trinajstić information content (AvgIpc) is 2.16. The molecule has 0 rings (SSSR count). The van der Waals surface area contributed by atoms with E-state index in [4.69, 9.17) is 0 Å². The van der Waals surface area contributed by atoms with Gasteiger partial charge >= 0.3 is 0 Å². The lowest BCUT2D eigenvalue weighted by Gasteiger charge is -2.05. The first-order valence-corrected chi connectivity index (χ1v) is 7.50. The van der Waals surface area contributed by atoms with Crippen LogP contribution in [0.3, 0.4) is 0 Å². The van der Waals surface area contributed by atoms with Crippen LogP contribution < -0.4 is 0 Å². The summed E-state index contributed by atoms with van der Waals surface area (Å²) in [7, 11) is 0. The lowest BCUT2D eigenvalue weighted by Crippen LogP contribution is -1.96. The average molecular weight is 326 g/mol. The highest BCUT2D eigenvalue weighted by Crippen LogP contribution is 2.15. The van der Waals surface area contributed by atoms with Crippen LogP contribution in [0.25, 0.3) is 0 Å². The van der Waals surface area contributed by atoms with Crippen LogP contribution in [0.2, 0.25) is 0 Å². The third-order valence-electron chi connectivity index (χ3n) is 2.18. The molecule has 2 atom stereocenters. The largest absolute Gasteiger partial charge is 0.0845 e. The molecule has 2 heteroatoms. The zero-order valence-electron chi connectivity index (χ0n) is 9.31. The van der Waals surface area contributed by atoms with Crippen LogP contribution >= 0.6 is 31.9 Å². The van der Waals surface area contributed by atoms with Gasteiger partial charge in [0.1, 0.15) is 0 Å². The van der Waals surface area contributed by atoms with Crippen LogP contribution in [0, 0.1) is 0 Å². The summed E-state index contributed by atoms with van der Waals surface area (Å²) in [5.74, 6) is 0. The van der Waals surface area contributed by atoms with Gasteiger partial charge in [0.25, 0.3) is 0 Å². The molecule has 84 valence electrons. The topological polar surface area (TPSA) is 0 Å². The van der Waals surface area contributed by atoms with E-state index in [1.165, 1.54) is 38.5 Å². The van der Waals surface area contributed by atoms with Crippen molar-refractivity contribution < 1.29 is 0 Å². The molecule has 0 fully saturated rings. The van der Waals surface area contributed by atoms with Crippen LogP contribution in [0.1, 0.15) is 52.4 Å². The van der Waals surface area contributed by atoms with Crippen molar-refractivity contribution in [3.63, 3.8) is 0 Å². The first kappa shape index (κ1) is 14.7. The molecule has 0 aliphatic carbocycles. The summed E-state index contributed by atoms with van der Waals surface area (Å²) < 4.78 is 0. The molecule has 0 N–H and O–H groups in total. The molecule has 0 aliphatic heterocycles. The Morgan fingerprint density at radius 3 is 1.93 bits per heavy atom. The van der Waals surface area contributed by atoms with E-state index in [1.54, 1.807) is 0 Å². The maximum Gasteiger partial charge on any atom is 0.0325 e. The Labute approximate surface area is 106 Å². The maximum absolute atomic E-state index is 3.68. The third kappa shape index (κ3) is 9.26. The first-order valence-electron chi connectivity index (χ1n) is 5.67. The monoisotopic (exact) mass is 324 g/mol. The van der Waals surface area contributed by atoms with Crippen molar-refractivity contribution in [1.29, 1.82) is 0 Å². The molecule has 0 saturated carbocycles.